The number of para-hydroxylation sites is 1. The Labute approximate surface area is 99.9 Å². The van der Waals surface area contributed by atoms with E-state index in [1.165, 1.54) is 22.7 Å². The molecule has 0 radical (unpaired) electrons. The van der Waals surface area contributed by atoms with Gasteiger partial charge in [0, 0.05) is 24.3 Å². The van der Waals surface area contributed by atoms with E-state index in [1.54, 1.807) is 0 Å². The Bertz CT molecular complexity index is 597. The lowest BCUT2D eigenvalue weighted by Crippen LogP contribution is -2.36. The highest BCUT2D eigenvalue weighted by Crippen LogP contribution is 2.23. The van der Waals surface area contributed by atoms with Gasteiger partial charge in [0.25, 0.3) is 0 Å². The maximum atomic E-state index is 11.6. The molecule has 3 nitrogen and oxygen atoms in total. The van der Waals surface area contributed by atoms with Gasteiger partial charge >= 0.3 is 0 Å². The minimum Gasteiger partial charge on any atom is -0.341 e. The average molecular weight is 226 g/mol. The fourth-order valence-electron chi connectivity index (χ4n) is 2.48. The van der Waals surface area contributed by atoms with Crippen LogP contribution in [-0.4, -0.2) is 21.9 Å². The van der Waals surface area contributed by atoms with Crippen LogP contribution in [0.25, 0.3) is 10.9 Å². The second kappa shape index (κ2) is 3.77. The predicted molar refractivity (Wildman–Crippen MR) is 67.6 cm³/mol. The molecule has 0 saturated heterocycles. The van der Waals surface area contributed by atoms with Crippen molar-refractivity contribution in [3.05, 3.63) is 48.7 Å². The summed E-state index contributed by atoms with van der Waals surface area (Å²) in [6.07, 6.45) is 1.39. The number of hydrogen-bond acceptors (Lipinski definition) is 1. The fraction of sp³-hybridized carbons (Fsp3) is 0.214. The molecule has 0 aliphatic carbocycles. The van der Waals surface area contributed by atoms with Crippen LogP contribution in [-0.2, 0) is 17.9 Å². The van der Waals surface area contributed by atoms with E-state index in [4.69, 9.17) is 0 Å². The Hall–Kier alpha value is -2.03. The normalized spacial score (nSPS) is 14.7. The number of benzene rings is 1. The van der Waals surface area contributed by atoms with Crippen LogP contribution in [0.5, 0.6) is 0 Å². The molecule has 0 fully saturated rings. The van der Waals surface area contributed by atoms with Crippen LogP contribution in [0.2, 0.25) is 0 Å². The predicted octanol–water partition coefficient (Wildman–Crippen LogP) is 2.17. The zero-order valence-electron chi connectivity index (χ0n) is 9.60. The molecule has 3 rings (SSSR count). The van der Waals surface area contributed by atoms with Gasteiger partial charge in [-0.2, -0.15) is 0 Å². The van der Waals surface area contributed by atoms with Crippen LogP contribution in [0.15, 0.2) is 43.0 Å². The summed E-state index contributed by atoms with van der Waals surface area (Å²) in [7, 11) is 0. The van der Waals surface area contributed by atoms with Crippen molar-refractivity contribution in [1.82, 2.24) is 9.47 Å². The minimum atomic E-state index is 0.0153. The van der Waals surface area contributed by atoms with Crippen LogP contribution in [0.1, 0.15) is 5.69 Å². The molecule has 17 heavy (non-hydrogen) atoms. The molecule has 2 aromatic rings. The lowest BCUT2D eigenvalue weighted by Gasteiger charge is -2.28. The summed E-state index contributed by atoms with van der Waals surface area (Å²) in [6, 6.07) is 10.5. The van der Waals surface area contributed by atoms with Gasteiger partial charge in [-0.1, -0.05) is 24.8 Å². The van der Waals surface area contributed by atoms with Gasteiger partial charge in [-0.3, -0.25) is 4.79 Å². The third kappa shape index (κ3) is 1.55. The Kier molecular flexibility index (Phi) is 2.25. The molecule has 86 valence electrons. The van der Waals surface area contributed by atoms with Gasteiger partial charge in [0.05, 0.1) is 6.54 Å². The molecular weight excluding hydrogens is 212 g/mol. The van der Waals surface area contributed by atoms with Gasteiger partial charge in [0.15, 0.2) is 0 Å². The zero-order chi connectivity index (χ0) is 11.8. The number of carbonyl (C=O) groups excluding carboxylic acids is 1. The Morgan fingerprint density at radius 3 is 2.94 bits per heavy atom. The monoisotopic (exact) mass is 226 g/mol. The van der Waals surface area contributed by atoms with E-state index in [2.05, 4.69) is 35.4 Å². The minimum absolute atomic E-state index is 0.0153. The van der Waals surface area contributed by atoms with Crippen molar-refractivity contribution in [1.29, 1.82) is 0 Å². The first kappa shape index (κ1) is 10.1. The summed E-state index contributed by atoms with van der Waals surface area (Å²) in [5.41, 5.74) is 2.46. The summed E-state index contributed by atoms with van der Waals surface area (Å²) in [4.78, 5) is 13.4. The van der Waals surface area contributed by atoms with Gasteiger partial charge in [0.1, 0.15) is 0 Å². The standard InChI is InChI=1S/C14H14N2O/c1-2-14(17)15-7-8-16-12(10-15)9-11-5-3-4-6-13(11)16/h2-6,9H,1,7-8,10H2. The highest BCUT2D eigenvalue weighted by molar-refractivity contribution is 5.87. The van der Waals surface area contributed by atoms with E-state index in [1.807, 2.05) is 11.0 Å². The van der Waals surface area contributed by atoms with Crippen LogP contribution < -0.4 is 0 Å². The molecule has 0 atom stereocenters. The summed E-state index contributed by atoms with van der Waals surface area (Å²) in [5, 5.41) is 1.25. The largest absolute Gasteiger partial charge is 0.341 e. The van der Waals surface area contributed by atoms with Crippen LogP contribution in [0.4, 0.5) is 0 Å². The summed E-state index contributed by atoms with van der Waals surface area (Å²) >= 11 is 0. The van der Waals surface area contributed by atoms with Gasteiger partial charge in [-0.25, -0.2) is 0 Å². The third-order valence-electron chi connectivity index (χ3n) is 3.33. The first-order valence-electron chi connectivity index (χ1n) is 5.78. The molecule has 1 aliphatic rings. The Balaban J connectivity index is 2.03. The van der Waals surface area contributed by atoms with Crippen molar-refractivity contribution in [2.75, 3.05) is 6.54 Å². The molecule has 3 heteroatoms. The van der Waals surface area contributed by atoms with Crippen molar-refractivity contribution < 1.29 is 4.79 Å². The molecule has 0 spiro atoms. The molecule has 1 amide bonds. The van der Waals surface area contributed by atoms with Crippen LogP contribution >= 0.6 is 0 Å². The SMILES string of the molecule is C=CC(=O)N1CCn2c(cc3ccccc32)C1. The van der Waals surface area contributed by atoms with Crippen molar-refractivity contribution in [2.45, 2.75) is 13.1 Å². The second-order valence-electron chi connectivity index (χ2n) is 4.31. The zero-order valence-corrected chi connectivity index (χ0v) is 9.60. The number of nitrogens with zero attached hydrogens (tertiary/aromatic N) is 2. The molecule has 1 aromatic heterocycles. The molecule has 0 bridgehead atoms. The molecule has 1 aliphatic heterocycles. The first-order chi connectivity index (χ1) is 8.29. The maximum Gasteiger partial charge on any atom is 0.246 e. The number of hydrogen-bond donors (Lipinski definition) is 0. The van der Waals surface area contributed by atoms with Crippen LogP contribution in [0.3, 0.4) is 0 Å². The number of fused-ring (bicyclic) bond motifs is 3. The quantitative estimate of drug-likeness (QED) is 0.684. The maximum absolute atomic E-state index is 11.6. The van der Waals surface area contributed by atoms with Gasteiger partial charge < -0.3 is 9.47 Å². The Morgan fingerprint density at radius 2 is 2.12 bits per heavy atom. The molecule has 0 saturated carbocycles. The van der Waals surface area contributed by atoms with Gasteiger partial charge in [0.2, 0.25) is 5.91 Å². The topological polar surface area (TPSA) is 25.2 Å². The van der Waals surface area contributed by atoms with Crippen molar-refractivity contribution in [3.63, 3.8) is 0 Å². The van der Waals surface area contributed by atoms with E-state index in [0.29, 0.717) is 6.54 Å². The number of amides is 1. The van der Waals surface area contributed by atoms with E-state index in [-0.39, 0.29) is 5.91 Å². The third-order valence-corrected chi connectivity index (χ3v) is 3.33. The van der Waals surface area contributed by atoms with Gasteiger partial charge in [-0.15, -0.1) is 0 Å². The average Bonchev–Trinajstić information content (AvgIpc) is 2.75. The summed E-state index contributed by atoms with van der Waals surface area (Å²) in [5.74, 6) is 0.0153. The number of rotatable bonds is 1. The molecule has 0 unspecified atom stereocenters. The Morgan fingerprint density at radius 1 is 1.29 bits per heavy atom. The van der Waals surface area contributed by atoms with E-state index >= 15 is 0 Å². The molecule has 2 heterocycles. The van der Waals surface area contributed by atoms with Crippen molar-refractivity contribution >= 4 is 16.8 Å². The van der Waals surface area contributed by atoms with E-state index in [9.17, 15) is 4.79 Å². The molecule has 1 aromatic carbocycles. The summed E-state index contributed by atoms with van der Waals surface area (Å²) < 4.78 is 2.29. The van der Waals surface area contributed by atoms with E-state index in [0.717, 1.165) is 13.1 Å². The van der Waals surface area contributed by atoms with Crippen molar-refractivity contribution in [3.8, 4) is 0 Å². The lowest BCUT2D eigenvalue weighted by molar-refractivity contribution is -0.127. The van der Waals surface area contributed by atoms with Crippen LogP contribution in [0, 0.1) is 0 Å². The molecule has 0 N–H and O–H groups in total. The van der Waals surface area contributed by atoms with E-state index < -0.39 is 0 Å². The van der Waals surface area contributed by atoms with Crippen molar-refractivity contribution in [2.24, 2.45) is 0 Å². The highest BCUT2D eigenvalue weighted by atomic mass is 16.2. The number of aromatic nitrogens is 1. The first-order valence-corrected chi connectivity index (χ1v) is 5.78. The second-order valence-corrected chi connectivity index (χ2v) is 4.31. The lowest BCUT2D eigenvalue weighted by atomic mass is 10.2. The number of carbonyl (C=O) groups is 1. The summed E-state index contributed by atoms with van der Waals surface area (Å²) in [6.45, 7) is 5.84. The molecular formula is C14H14N2O. The fourth-order valence-corrected chi connectivity index (χ4v) is 2.48. The smallest absolute Gasteiger partial charge is 0.246 e. The highest BCUT2D eigenvalue weighted by Gasteiger charge is 2.20. The van der Waals surface area contributed by atoms with Gasteiger partial charge in [-0.05, 0) is 23.6 Å².